The Morgan fingerprint density at radius 3 is 2.78 bits per heavy atom. The molecule has 4 rings (SSSR count). The van der Waals surface area contributed by atoms with E-state index in [1.54, 1.807) is 6.20 Å². The summed E-state index contributed by atoms with van der Waals surface area (Å²) in [4.78, 5) is 8.93. The average molecular weight is 337 g/mol. The van der Waals surface area contributed by atoms with Gasteiger partial charge in [-0.2, -0.15) is 0 Å². The first-order chi connectivity index (χ1) is 11.4. The number of aliphatic imine (C=N–C) groups is 1. The van der Waals surface area contributed by atoms with Gasteiger partial charge in [0.2, 0.25) is 5.13 Å². The summed E-state index contributed by atoms with van der Waals surface area (Å²) < 4.78 is 5.05. The molecule has 0 saturated heterocycles. The van der Waals surface area contributed by atoms with Gasteiger partial charge in [0, 0.05) is 22.8 Å². The molecule has 0 amide bonds. The number of fused-ring (bicyclic) bond motifs is 1. The maximum atomic E-state index is 4.68. The molecule has 2 aromatic heterocycles. The van der Waals surface area contributed by atoms with Gasteiger partial charge in [0.15, 0.2) is 0 Å². The largest absolute Gasteiger partial charge is 0.340 e. The molecule has 0 unspecified atom stereocenters. The number of rotatable bonds is 3. The van der Waals surface area contributed by atoms with Gasteiger partial charge in [0.1, 0.15) is 11.4 Å². The van der Waals surface area contributed by atoms with Crippen molar-refractivity contribution in [3.05, 3.63) is 65.7 Å². The zero-order valence-corrected chi connectivity index (χ0v) is 13.5. The average Bonchev–Trinajstić information content (AvgIpc) is 3.26. The molecule has 112 valence electrons. The van der Waals surface area contributed by atoms with E-state index >= 15 is 0 Å². The maximum Gasteiger partial charge on any atom is 0.211 e. The molecule has 0 spiro atoms. The molecule has 7 heteroatoms. The highest BCUT2D eigenvalue weighted by Gasteiger charge is 2.12. The number of nitrogens with zero attached hydrogens (tertiary/aromatic N) is 4. The van der Waals surface area contributed by atoms with Crippen LogP contribution < -0.4 is 5.32 Å². The van der Waals surface area contributed by atoms with E-state index in [-0.39, 0.29) is 0 Å². The maximum absolute atomic E-state index is 4.68. The fourth-order valence-corrected chi connectivity index (χ4v) is 3.36. The molecule has 0 bridgehead atoms. The van der Waals surface area contributed by atoms with Crippen LogP contribution in [0.1, 0.15) is 5.56 Å². The van der Waals surface area contributed by atoms with E-state index in [2.05, 4.69) is 24.9 Å². The summed E-state index contributed by atoms with van der Waals surface area (Å²) in [6.45, 7) is 0. The second-order valence-electron chi connectivity index (χ2n) is 4.69. The van der Waals surface area contributed by atoms with Crippen LogP contribution in [0.4, 0.5) is 10.8 Å². The molecule has 0 saturated carbocycles. The van der Waals surface area contributed by atoms with Crippen LogP contribution in [0.5, 0.6) is 0 Å². The van der Waals surface area contributed by atoms with E-state index in [9.17, 15) is 0 Å². The molecule has 4 aromatic rings. The summed E-state index contributed by atoms with van der Waals surface area (Å²) in [7, 11) is 0. The minimum absolute atomic E-state index is 0.706. The first kappa shape index (κ1) is 14.0. The van der Waals surface area contributed by atoms with Gasteiger partial charge in [-0.25, -0.2) is 9.98 Å². The number of hydrogen-bond acceptors (Lipinski definition) is 6. The predicted molar refractivity (Wildman–Crippen MR) is 95.8 cm³/mol. The highest BCUT2D eigenvalue weighted by Crippen LogP contribution is 2.24. The smallest absolute Gasteiger partial charge is 0.211 e. The lowest BCUT2D eigenvalue weighted by Gasteiger charge is -2.10. The minimum Gasteiger partial charge on any atom is -0.340 e. The first-order valence-corrected chi connectivity index (χ1v) is 8.57. The summed E-state index contributed by atoms with van der Waals surface area (Å²) in [6, 6.07) is 15.9. The number of amidine groups is 1. The number of para-hydroxylation sites is 1. The standard InChI is InChI=1S/C16H11N5S2/c1-2-5-11(6-3-1)18-15(19-16-17-9-10-22-16)12-7-4-8-13-14(12)23-21-20-13/h1-10H,(H,17,18,19). The van der Waals surface area contributed by atoms with Gasteiger partial charge in [-0.15, -0.1) is 16.4 Å². The summed E-state index contributed by atoms with van der Waals surface area (Å²) in [6.07, 6.45) is 1.75. The number of aromatic nitrogens is 3. The molecule has 0 aliphatic heterocycles. The van der Waals surface area contributed by atoms with Gasteiger partial charge < -0.3 is 5.32 Å². The van der Waals surface area contributed by atoms with Gasteiger partial charge >= 0.3 is 0 Å². The molecule has 0 aliphatic carbocycles. The van der Waals surface area contributed by atoms with Crippen LogP contribution in [0.2, 0.25) is 0 Å². The Hall–Kier alpha value is -2.64. The Labute approximate surface area is 140 Å². The van der Waals surface area contributed by atoms with Crippen molar-refractivity contribution >= 4 is 49.7 Å². The Kier molecular flexibility index (Phi) is 3.79. The SMILES string of the molecule is c1ccc(N/C(=N\c2nccs2)c2cccc3nnsc23)cc1. The number of hydrogen-bond donors (Lipinski definition) is 1. The van der Waals surface area contributed by atoms with E-state index in [1.807, 2.05) is 53.9 Å². The van der Waals surface area contributed by atoms with Gasteiger partial charge in [-0.05, 0) is 35.8 Å². The van der Waals surface area contributed by atoms with Crippen LogP contribution in [0.15, 0.2) is 65.1 Å². The molecular weight excluding hydrogens is 326 g/mol. The highest BCUT2D eigenvalue weighted by molar-refractivity contribution is 7.13. The van der Waals surface area contributed by atoms with Crippen molar-refractivity contribution in [2.45, 2.75) is 0 Å². The second-order valence-corrected chi connectivity index (χ2v) is 6.32. The normalized spacial score (nSPS) is 11.7. The lowest BCUT2D eigenvalue weighted by atomic mass is 10.2. The summed E-state index contributed by atoms with van der Waals surface area (Å²) >= 11 is 2.86. The summed E-state index contributed by atoms with van der Waals surface area (Å²) in [5, 5.41) is 10.1. The predicted octanol–water partition coefficient (Wildman–Crippen LogP) is 4.34. The van der Waals surface area contributed by atoms with Crippen LogP contribution >= 0.6 is 22.9 Å². The number of anilines is 1. The van der Waals surface area contributed by atoms with Crippen LogP contribution in [-0.4, -0.2) is 20.4 Å². The molecule has 2 aromatic carbocycles. The van der Waals surface area contributed by atoms with E-state index < -0.39 is 0 Å². The van der Waals surface area contributed by atoms with E-state index in [1.165, 1.54) is 22.9 Å². The van der Waals surface area contributed by atoms with Crippen LogP contribution in [0.25, 0.3) is 10.2 Å². The Bertz CT molecular complexity index is 945. The van der Waals surface area contributed by atoms with E-state index in [4.69, 9.17) is 0 Å². The molecule has 0 fully saturated rings. The van der Waals surface area contributed by atoms with Crippen molar-refractivity contribution in [2.75, 3.05) is 5.32 Å². The third kappa shape index (κ3) is 2.96. The molecule has 23 heavy (non-hydrogen) atoms. The Morgan fingerprint density at radius 1 is 1.04 bits per heavy atom. The van der Waals surface area contributed by atoms with Crippen LogP contribution in [0.3, 0.4) is 0 Å². The first-order valence-electron chi connectivity index (χ1n) is 6.92. The van der Waals surface area contributed by atoms with Gasteiger partial charge in [-0.3, -0.25) is 0 Å². The summed E-state index contributed by atoms with van der Waals surface area (Å²) in [5.74, 6) is 0.739. The monoisotopic (exact) mass is 337 g/mol. The third-order valence-electron chi connectivity index (χ3n) is 3.19. The number of thiazole rings is 1. The second kappa shape index (κ2) is 6.23. The lowest BCUT2D eigenvalue weighted by Crippen LogP contribution is -2.13. The lowest BCUT2D eigenvalue weighted by molar-refractivity contribution is 1.20. The Morgan fingerprint density at radius 2 is 1.96 bits per heavy atom. The van der Waals surface area contributed by atoms with E-state index in [0.717, 1.165) is 27.3 Å². The molecule has 2 heterocycles. The topological polar surface area (TPSA) is 63.1 Å². The van der Waals surface area contributed by atoms with Crippen molar-refractivity contribution in [3.63, 3.8) is 0 Å². The minimum atomic E-state index is 0.706. The fourth-order valence-electron chi connectivity index (χ4n) is 2.17. The zero-order valence-electron chi connectivity index (χ0n) is 11.9. The van der Waals surface area contributed by atoms with Gasteiger partial charge in [0.25, 0.3) is 0 Å². The molecule has 0 radical (unpaired) electrons. The molecular formula is C16H11N5S2. The Balaban J connectivity index is 1.83. The van der Waals surface area contributed by atoms with Gasteiger partial charge in [-0.1, -0.05) is 28.8 Å². The van der Waals surface area contributed by atoms with Crippen LogP contribution in [0, 0.1) is 0 Å². The third-order valence-corrected chi connectivity index (χ3v) is 4.63. The fraction of sp³-hybridized carbons (Fsp3) is 0. The summed E-state index contributed by atoms with van der Waals surface area (Å²) in [5.41, 5.74) is 2.81. The zero-order chi connectivity index (χ0) is 15.5. The number of benzene rings is 2. The quantitative estimate of drug-likeness (QED) is 0.446. The van der Waals surface area contributed by atoms with Crippen molar-refractivity contribution in [1.29, 1.82) is 0 Å². The molecule has 0 aliphatic rings. The van der Waals surface area contributed by atoms with Crippen LogP contribution in [-0.2, 0) is 0 Å². The van der Waals surface area contributed by atoms with Gasteiger partial charge in [0.05, 0.1) is 4.70 Å². The highest BCUT2D eigenvalue weighted by atomic mass is 32.1. The molecule has 0 atom stereocenters. The van der Waals surface area contributed by atoms with Crippen molar-refractivity contribution in [1.82, 2.24) is 14.6 Å². The van der Waals surface area contributed by atoms with Crippen molar-refractivity contribution < 1.29 is 0 Å². The number of nitrogens with one attached hydrogen (secondary N) is 1. The molecule has 5 nitrogen and oxygen atoms in total. The van der Waals surface area contributed by atoms with E-state index in [0.29, 0.717) is 5.13 Å². The van der Waals surface area contributed by atoms with Crippen molar-refractivity contribution in [3.8, 4) is 0 Å². The molecule has 1 N–H and O–H groups in total. The van der Waals surface area contributed by atoms with Crippen molar-refractivity contribution in [2.24, 2.45) is 4.99 Å².